The van der Waals surface area contributed by atoms with E-state index >= 15 is 0 Å². The van der Waals surface area contributed by atoms with Gasteiger partial charge in [0.05, 0.1) is 93.0 Å². The van der Waals surface area contributed by atoms with Crippen LogP contribution in [0.2, 0.25) is 0 Å². The van der Waals surface area contributed by atoms with Crippen molar-refractivity contribution in [2.24, 2.45) is 0 Å². The Morgan fingerprint density at radius 1 is 0.267 bits per heavy atom. The number of carbonyl (C=O) groups is 4. The van der Waals surface area contributed by atoms with E-state index < -0.39 is 23.9 Å². The van der Waals surface area contributed by atoms with E-state index in [9.17, 15) is 39.6 Å². The monoisotopic (exact) mass is 792 g/mol. The third kappa shape index (κ3) is 6.69. The molecule has 4 aromatic heterocycles. The second-order valence-corrected chi connectivity index (χ2v) is 14.2. The van der Waals surface area contributed by atoms with Gasteiger partial charge in [0.2, 0.25) is 0 Å². The van der Waals surface area contributed by atoms with Crippen LogP contribution in [-0.2, 0) is 0 Å². The van der Waals surface area contributed by atoms with E-state index in [1.807, 2.05) is 48.5 Å². The SMILES string of the molecule is O=C(O)c1ccc([C+]2c3ccc([nH]3)[C+](c3ccc(C(=O)O)cc3)c3ccc([nH]3)[C+](c3ccc(C(=O)O)cc3)c3ccc([nH]3)[C+](c3ccc(C(=O)O)cc3)c3ccc2[nH]3)cc1. The molecule has 0 saturated heterocycles. The van der Waals surface area contributed by atoms with Gasteiger partial charge in [0, 0.05) is 48.5 Å². The lowest BCUT2D eigenvalue weighted by Gasteiger charge is -2.14. The zero-order chi connectivity index (χ0) is 41.7. The second kappa shape index (κ2) is 14.7. The Morgan fingerprint density at radius 2 is 0.417 bits per heavy atom. The predicted octanol–water partition coefficient (Wildman–Crippen LogP) is 8.18. The van der Waals surface area contributed by atoms with Gasteiger partial charge in [-0.2, -0.15) is 0 Å². The average Bonchev–Trinajstić information content (AvgIpc) is 4.10. The smallest absolute Gasteiger partial charge is 0.337 e. The van der Waals surface area contributed by atoms with Gasteiger partial charge in [0.15, 0.2) is 0 Å². The number of aromatic nitrogens is 4. The normalized spacial score (nSPS) is 12.4. The standard InChI is InChI=1S/C48H28N4O8/c53-45(54)29-9-1-25(2-10-29)41-33-17-19-35(49-33)42(26-3-11-30(12-4-26)46(55)56)37-21-23-39(51-37)44(28-7-15-32(16-8-28)48(59)60)40-24-22-38(52-40)43(36-20-18-34(41)50-36)27-5-13-31(14-6-27)47(57)58/h1-24,49-52H/p+4. The van der Waals surface area contributed by atoms with Gasteiger partial charge < -0.3 is 40.4 Å². The highest BCUT2D eigenvalue weighted by Gasteiger charge is 2.38. The third-order valence-electron chi connectivity index (χ3n) is 10.6. The Labute approximate surface area is 341 Å². The Balaban J connectivity index is 1.28. The van der Waals surface area contributed by atoms with Crippen LogP contribution in [0, 0.1) is 23.7 Å². The fraction of sp³-hybridized carbons (Fsp3) is 0. The Kier molecular flexibility index (Phi) is 9.06. The van der Waals surface area contributed by atoms with Gasteiger partial charge in [0.1, 0.15) is 69.2 Å². The summed E-state index contributed by atoms with van der Waals surface area (Å²) in [5.74, 6) is -1.27. The number of aromatic amines is 4. The van der Waals surface area contributed by atoms with Crippen molar-refractivity contribution in [3.8, 4) is 0 Å². The summed E-state index contributed by atoms with van der Waals surface area (Å²) in [5, 5.41) is 38.7. The molecular formula is C48H32N4O8+4. The van der Waals surface area contributed by atoms with E-state index in [4.69, 9.17) is 0 Å². The number of benzene rings is 4. The van der Waals surface area contributed by atoms with Crippen LogP contribution in [0.3, 0.4) is 0 Å². The molecule has 1 aliphatic heterocycles. The minimum absolute atomic E-state index is 0.131. The lowest BCUT2D eigenvalue weighted by Crippen LogP contribution is -2.12. The average molecular weight is 793 g/mol. The largest absolute Gasteiger partial charge is 0.478 e. The summed E-state index contributed by atoms with van der Waals surface area (Å²) in [6.07, 6.45) is 0. The molecule has 8 N–H and O–H groups in total. The molecule has 0 amide bonds. The summed E-state index contributed by atoms with van der Waals surface area (Å²) in [6, 6.07) is 41.8. The molecule has 288 valence electrons. The molecule has 0 aliphatic carbocycles. The van der Waals surface area contributed by atoms with Crippen LogP contribution >= 0.6 is 0 Å². The van der Waals surface area contributed by atoms with Crippen molar-refractivity contribution >= 4 is 23.9 Å². The number of hydrogen-bond acceptors (Lipinski definition) is 4. The fourth-order valence-corrected chi connectivity index (χ4v) is 7.69. The molecule has 0 saturated carbocycles. The molecule has 12 heteroatoms. The van der Waals surface area contributed by atoms with Crippen LogP contribution in [0.5, 0.6) is 0 Å². The van der Waals surface area contributed by atoms with Crippen LogP contribution in [0.25, 0.3) is 0 Å². The minimum Gasteiger partial charge on any atom is -0.478 e. The summed E-state index contributed by atoms with van der Waals surface area (Å²) in [5.41, 5.74) is 8.97. The van der Waals surface area contributed by atoms with Gasteiger partial charge in [-0.25, -0.2) is 19.2 Å². The molecule has 8 bridgehead atoms. The minimum atomic E-state index is -1.05. The van der Waals surface area contributed by atoms with Crippen molar-refractivity contribution in [3.05, 3.63) is 259 Å². The van der Waals surface area contributed by atoms with Crippen LogP contribution < -0.4 is 0 Å². The Bertz CT molecular complexity index is 2420. The summed E-state index contributed by atoms with van der Waals surface area (Å²) in [6.45, 7) is 0. The van der Waals surface area contributed by atoms with Gasteiger partial charge in [-0.15, -0.1) is 0 Å². The topological polar surface area (TPSA) is 212 Å². The molecule has 4 aromatic carbocycles. The number of carboxylic acid groups (broad SMARTS) is 4. The lowest BCUT2D eigenvalue weighted by atomic mass is 9.91. The molecule has 0 fully saturated rings. The maximum Gasteiger partial charge on any atom is 0.337 e. The molecule has 9 rings (SSSR count). The van der Waals surface area contributed by atoms with Gasteiger partial charge in [0.25, 0.3) is 0 Å². The molecular weight excluding hydrogens is 761 g/mol. The molecule has 0 unspecified atom stereocenters. The molecule has 1 aliphatic rings. The number of hydrogen-bond donors (Lipinski definition) is 8. The Morgan fingerprint density at radius 3 is 0.550 bits per heavy atom. The number of aromatic carboxylic acids is 4. The maximum absolute atomic E-state index is 11.8. The summed E-state index contributed by atoms with van der Waals surface area (Å²) in [4.78, 5) is 61.8. The first kappa shape index (κ1) is 37.0. The zero-order valence-corrected chi connectivity index (χ0v) is 31.3. The second-order valence-electron chi connectivity index (χ2n) is 14.2. The highest BCUT2D eigenvalue weighted by Crippen LogP contribution is 2.40. The molecule has 60 heavy (non-hydrogen) atoms. The van der Waals surface area contributed by atoms with Gasteiger partial charge in [-0.3, -0.25) is 0 Å². The number of rotatable bonds is 8. The van der Waals surface area contributed by atoms with Crippen LogP contribution in [0.1, 0.15) is 109 Å². The number of nitrogens with one attached hydrogen (secondary N) is 4. The summed E-state index contributed by atoms with van der Waals surface area (Å²) in [7, 11) is 0. The van der Waals surface area contributed by atoms with E-state index in [0.29, 0.717) is 45.6 Å². The molecule has 0 radical (unpaired) electrons. The molecule has 5 heterocycles. The summed E-state index contributed by atoms with van der Waals surface area (Å²) < 4.78 is 0. The predicted molar refractivity (Wildman–Crippen MR) is 219 cm³/mol. The fourth-order valence-electron chi connectivity index (χ4n) is 7.69. The highest BCUT2D eigenvalue weighted by molar-refractivity contribution is 5.89. The van der Waals surface area contributed by atoms with E-state index in [-0.39, 0.29) is 22.3 Å². The zero-order valence-electron chi connectivity index (χ0n) is 31.3. The van der Waals surface area contributed by atoms with Crippen molar-refractivity contribution in [3.63, 3.8) is 0 Å². The van der Waals surface area contributed by atoms with Crippen molar-refractivity contribution < 1.29 is 39.6 Å². The first-order valence-corrected chi connectivity index (χ1v) is 18.6. The third-order valence-corrected chi connectivity index (χ3v) is 10.6. The number of H-pyrrole nitrogens is 4. The number of carboxylic acids is 4. The van der Waals surface area contributed by atoms with Crippen LogP contribution in [0.4, 0.5) is 0 Å². The van der Waals surface area contributed by atoms with Crippen LogP contribution in [0.15, 0.2) is 146 Å². The van der Waals surface area contributed by atoms with E-state index in [0.717, 1.165) is 45.9 Å². The van der Waals surface area contributed by atoms with Gasteiger partial charge in [-0.1, -0.05) is 0 Å². The lowest BCUT2D eigenvalue weighted by molar-refractivity contribution is 0.0686. The molecule has 12 nitrogen and oxygen atoms in total. The van der Waals surface area contributed by atoms with E-state index in [2.05, 4.69) is 19.9 Å². The van der Waals surface area contributed by atoms with Crippen molar-refractivity contribution in [2.45, 2.75) is 0 Å². The van der Waals surface area contributed by atoms with Crippen molar-refractivity contribution in [1.82, 2.24) is 19.9 Å². The number of fused-ring (bicyclic) bond motifs is 8. The maximum atomic E-state index is 11.8. The Hall–Kier alpha value is -8.64. The highest BCUT2D eigenvalue weighted by atomic mass is 16.4. The van der Waals surface area contributed by atoms with E-state index in [1.165, 1.54) is 0 Å². The first-order chi connectivity index (χ1) is 29.0. The van der Waals surface area contributed by atoms with Gasteiger partial charge in [-0.05, 0) is 48.5 Å². The van der Waals surface area contributed by atoms with Gasteiger partial charge >= 0.3 is 23.9 Å². The quantitative estimate of drug-likeness (QED) is 0.0701. The molecule has 8 aromatic rings. The van der Waals surface area contributed by atoms with Crippen LogP contribution in [-0.4, -0.2) is 64.2 Å². The molecule has 0 atom stereocenters. The van der Waals surface area contributed by atoms with Crippen molar-refractivity contribution in [2.75, 3.05) is 0 Å². The summed E-state index contributed by atoms with van der Waals surface area (Å²) >= 11 is 0. The van der Waals surface area contributed by atoms with E-state index in [1.54, 1.807) is 97.1 Å². The molecule has 0 spiro atoms. The van der Waals surface area contributed by atoms with Crippen molar-refractivity contribution in [1.29, 1.82) is 0 Å². The first-order valence-electron chi connectivity index (χ1n) is 18.6.